The maximum atomic E-state index is 12.8. The molecule has 0 saturated carbocycles. The van der Waals surface area contributed by atoms with Crippen molar-refractivity contribution in [2.24, 2.45) is 5.92 Å². The molecule has 1 N–H and O–H groups in total. The van der Waals surface area contributed by atoms with Crippen LogP contribution >= 0.6 is 0 Å². The number of aromatic nitrogens is 1. The summed E-state index contributed by atoms with van der Waals surface area (Å²) in [6, 6.07) is 8.85. The van der Waals surface area contributed by atoms with E-state index in [1.807, 2.05) is 26.8 Å². The molecule has 2 aliphatic heterocycles. The van der Waals surface area contributed by atoms with Gasteiger partial charge in [0, 0.05) is 44.1 Å². The number of pyridine rings is 1. The predicted molar refractivity (Wildman–Crippen MR) is 138 cm³/mol. The molecule has 0 spiro atoms. The highest BCUT2D eigenvalue weighted by Gasteiger charge is 2.32. The van der Waals surface area contributed by atoms with Gasteiger partial charge in [0.25, 0.3) is 5.91 Å². The van der Waals surface area contributed by atoms with E-state index < -0.39 is 17.3 Å². The van der Waals surface area contributed by atoms with Gasteiger partial charge in [-0.05, 0) is 88.3 Å². The normalized spacial score (nSPS) is 18.9. The molecule has 1 atom stereocenters. The lowest BCUT2D eigenvalue weighted by Gasteiger charge is -2.33. The van der Waals surface area contributed by atoms with Crippen molar-refractivity contribution in [1.29, 1.82) is 0 Å². The Morgan fingerprint density at radius 1 is 1.00 bits per heavy atom. The van der Waals surface area contributed by atoms with Crippen molar-refractivity contribution in [3.8, 4) is 0 Å². The lowest BCUT2D eigenvalue weighted by atomic mass is 9.90. The number of likely N-dealkylation sites (tertiary alicyclic amines) is 1. The number of nitrogens with zero attached hydrogens (tertiary/aromatic N) is 3. The van der Waals surface area contributed by atoms with Crippen molar-refractivity contribution >= 4 is 17.7 Å². The Morgan fingerprint density at radius 3 is 2.26 bits per heavy atom. The van der Waals surface area contributed by atoms with E-state index in [9.17, 15) is 22.8 Å². The molecule has 4 rings (SSSR count). The quantitative estimate of drug-likeness (QED) is 0.566. The maximum Gasteiger partial charge on any atom is 0.416 e. The zero-order valence-corrected chi connectivity index (χ0v) is 22.1. The molecule has 2 amide bonds. The third-order valence-corrected chi connectivity index (χ3v) is 6.93. The van der Waals surface area contributed by atoms with Gasteiger partial charge in [-0.3, -0.25) is 9.78 Å². The molecule has 10 heteroatoms. The SMILES string of the molecule is CC(C)(C)OC(=O)N1CC[C@@H](NC(=O)c2ccc(CC3CCN(c4ccc(C(F)(F)F)cc4)CC3)cn2)C1. The van der Waals surface area contributed by atoms with E-state index in [-0.39, 0.29) is 18.0 Å². The minimum absolute atomic E-state index is 0.147. The fourth-order valence-corrected chi connectivity index (χ4v) is 4.90. The number of halogens is 3. The number of rotatable bonds is 5. The molecule has 2 aliphatic rings. The minimum Gasteiger partial charge on any atom is -0.444 e. The summed E-state index contributed by atoms with van der Waals surface area (Å²) < 4.78 is 43.8. The van der Waals surface area contributed by atoms with Crippen LogP contribution in [0.5, 0.6) is 0 Å². The molecule has 1 aromatic carbocycles. The molecular weight excluding hydrogens is 497 g/mol. The number of hydrogen-bond acceptors (Lipinski definition) is 5. The molecular formula is C28H35F3N4O3. The van der Waals surface area contributed by atoms with Crippen molar-refractivity contribution in [3.63, 3.8) is 0 Å². The Bertz CT molecular complexity index is 1110. The zero-order valence-electron chi connectivity index (χ0n) is 22.1. The first-order chi connectivity index (χ1) is 17.9. The minimum atomic E-state index is -4.32. The average Bonchev–Trinajstić information content (AvgIpc) is 3.32. The second kappa shape index (κ2) is 11.2. The molecule has 0 aliphatic carbocycles. The molecule has 0 bridgehead atoms. The van der Waals surface area contributed by atoms with Gasteiger partial charge in [0.2, 0.25) is 0 Å². The number of nitrogens with one attached hydrogen (secondary N) is 1. The van der Waals surface area contributed by atoms with Crippen molar-refractivity contribution < 1.29 is 27.5 Å². The third kappa shape index (κ3) is 7.39. The van der Waals surface area contributed by atoms with Gasteiger partial charge < -0.3 is 19.9 Å². The van der Waals surface area contributed by atoms with E-state index in [1.165, 1.54) is 12.1 Å². The number of hydrogen-bond donors (Lipinski definition) is 1. The fourth-order valence-electron chi connectivity index (χ4n) is 4.90. The number of piperidine rings is 1. The highest BCUT2D eigenvalue weighted by molar-refractivity contribution is 5.92. The third-order valence-electron chi connectivity index (χ3n) is 6.93. The number of alkyl halides is 3. The summed E-state index contributed by atoms with van der Waals surface area (Å²) in [5, 5.41) is 2.96. The van der Waals surface area contributed by atoms with Gasteiger partial charge in [0.1, 0.15) is 11.3 Å². The van der Waals surface area contributed by atoms with Crippen LogP contribution < -0.4 is 10.2 Å². The molecule has 7 nitrogen and oxygen atoms in total. The molecule has 2 saturated heterocycles. The van der Waals surface area contributed by atoms with Crippen molar-refractivity contribution in [3.05, 3.63) is 59.4 Å². The second-order valence-electron chi connectivity index (χ2n) is 11.1. The summed E-state index contributed by atoms with van der Waals surface area (Å²) in [5.41, 5.74) is 0.998. The molecule has 38 heavy (non-hydrogen) atoms. The molecule has 1 aromatic heterocycles. The van der Waals surface area contributed by atoms with Gasteiger partial charge in [0.05, 0.1) is 5.56 Å². The van der Waals surface area contributed by atoms with Crippen LogP contribution in [0.15, 0.2) is 42.6 Å². The summed E-state index contributed by atoms with van der Waals surface area (Å²) in [4.78, 5) is 33.0. The Kier molecular flexibility index (Phi) is 8.18. The summed E-state index contributed by atoms with van der Waals surface area (Å²) in [5.74, 6) is 0.178. The molecule has 0 radical (unpaired) electrons. The number of anilines is 1. The van der Waals surface area contributed by atoms with Crippen molar-refractivity contribution in [1.82, 2.24) is 15.2 Å². The Labute approximate surface area is 221 Å². The molecule has 206 valence electrons. The number of amides is 2. The van der Waals surface area contributed by atoms with Crippen LogP contribution in [-0.4, -0.2) is 59.7 Å². The first kappa shape index (κ1) is 27.7. The summed E-state index contributed by atoms with van der Waals surface area (Å²) in [6.45, 7) is 7.97. The first-order valence-corrected chi connectivity index (χ1v) is 13.0. The summed E-state index contributed by atoms with van der Waals surface area (Å²) in [6.07, 6.45) is 0.394. The van der Waals surface area contributed by atoms with Crippen LogP contribution in [0.2, 0.25) is 0 Å². The molecule has 0 unspecified atom stereocenters. The topological polar surface area (TPSA) is 74.8 Å². The number of carbonyl (C=O) groups is 2. The number of carbonyl (C=O) groups excluding carboxylic acids is 2. The Morgan fingerprint density at radius 2 is 1.68 bits per heavy atom. The van der Waals surface area contributed by atoms with E-state index in [0.717, 1.165) is 55.7 Å². The van der Waals surface area contributed by atoms with Crippen LogP contribution in [0.3, 0.4) is 0 Å². The Balaban J connectivity index is 1.22. The van der Waals surface area contributed by atoms with E-state index in [0.29, 0.717) is 31.1 Å². The second-order valence-corrected chi connectivity index (χ2v) is 11.1. The number of benzene rings is 1. The van der Waals surface area contributed by atoms with Crippen LogP contribution in [-0.2, 0) is 17.3 Å². The van der Waals surface area contributed by atoms with E-state index in [1.54, 1.807) is 17.2 Å². The monoisotopic (exact) mass is 532 g/mol. The summed E-state index contributed by atoms with van der Waals surface area (Å²) in [7, 11) is 0. The van der Waals surface area contributed by atoms with E-state index in [2.05, 4.69) is 15.2 Å². The van der Waals surface area contributed by atoms with Gasteiger partial charge in [-0.15, -0.1) is 0 Å². The van der Waals surface area contributed by atoms with Gasteiger partial charge in [0.15, 0.2) is 0 Å². The van der Waals surface area contributed by atoms with Crippen LogP contribution in [0.1, 0.15) is 61.6 Å². The van der Waals surface area contributed by atoms with E-state index in [4.69, 9.17) is 4.74 Å². The summed E-state index contributed by atoms with van der Waals surface area (Å²) >= 11 is 0. The average molecular weight is 533 g/mol. The highest BCUT2D eigenvalue weighted by atomic mass is 19.4. The molecule has 2 fully saturated rings. The van der Waals surface area contributed by atoms with Gasteiger partial charge in [-0.1, -0.05) is 6.07 Å². The van der Waals surface area contributed by atoms with Gasteiger partial charge in [-0.25, -0.2) is 4.79 Å². The van der Waals surface area contributed by atoms with Crippen molar-refractivity contribution in [2.45, 2.75) is 64.3 Å². The molecule has 3 heterocycles. The zero-order chi connectivity index (χ0) is 27.5. The van der Waals surface area contributed by atoms with Crippen LogP contribution in [0.4, 0.5) is 23.7 Å². The highest BCUT2D eigenvalue weighted by Crippen LogP contribution is 2.32. The maximum absolute atomic E-state index is 12.8. The smallest absolute Gasteiger partial charge is 0.416 e. The molecule has 2 aromatic rings. The number of ether oxygens (including phenoxy) is 1. The first-order valence-electron chi connectivity index (χ1n) is 13.0. The lowest BCUT2D eigenvalue weighted by molar-refractivity contribution is -0.137. The fraction of sp³-hybridized carbons (Fsp3) is 0.536. The lowest BCUT2D eigenvalue weighted by Crippen LogP contribution is -2.40. The van der Waals surface area contributed by atoms with E-state index >= 15 is 0 Å². The van der Waals surface area contributed by atoms with Gasteiger partial charge >= 0.3 is 12.3 Å². The van der Waals surface area contributed by atoms with Crippen LogP contribution in [0.25, 0.3) is 0 Å². The largest absolute Gasteiger partial charge is 0.444 e. The Hall–Kier alpha value is -3.30. The van der Waals surface area contributed by atoms with Gasteiger partial charge in [-0.2, -0.15) is 13.2 Å². The van der Waals surface area contributed by atoms with Crippen molar-refractivity contribution in [2.75, 3.05) is 31.1 Å². The van der Waals surface area contributed by atoms with Crippen LogP contribution in [0, 0.1) is 5.92 Å². The predicted octanol–water partition coefficient (Wildman–Crippen LogP) is 5.30. The standard InChI is InChI=1S/C28H35F3N4O3/c1-27(2,3)38-26(37)35-15-12-22(18-35)33-25(36)24-9-4-20(17-32-24)16-19-10-13-34(14-11-19)23-7-5-21(6-8-23)28(29,30)31/h4-9,17,19,22H,10-16,18H2,1-3H3,(H,33,36)/t22-/m1/s1.